The van der Waals surface area contributed by atoms with E-state index in [9.17, 15) is 10.2 Å². The zero-order valence-corrected chi connectivity index (χ0v) is 9.45. The van der Waals surface area contributed by atoms with Gasteiger partial charge < -0.3 is 14.9 Å². The van der Waals surface area contributed by atoms with E-state index in [4.69, 9.17) is 4.74 Å². The number of phenolic OH excluding ortho intramolecular Hbond substituents is 1. The number of rotatable bonds is 4. The molecule has 0 heterocycles. The Kier molecular flexibility index (Phi) is 4.12. The Morgan fingerprint density at radius 2 is 2.07 bits per heavy atom. The lowest BCUT2D eigenvalue weighted by atomic mass is 10.00. The van der Waals surface area contributed by atoms with Crippen molar-refractivity contribution in [2.75, 3.05) is 7.11 Å². The molecule has 3 nitrogen and oxygen atoms in total. The summed E-state index contributed by atoms with van der Waals surface area (Å²) in [6.07, 6.45) is 0.212. The SMILES string of the molecule is CCc1cc(COC)c(O)c(C(C)O)c1. The van der Waals surface area contributed by atoms with Crippen LogP contribution >= 0.6 is 0 Å². The van der Waals surface area contributed by atoms with Gasteiger partial charge in [0, 0.05) is 18.2 Å². The number of aliphatic hydroxyl groups excluding tert-OH is 1. The predicted molar refractivity (Wildman–Crippen MR) is 58.8 cm³/mol. The number of ether oxygens (including phenoxy) is 1. The molecule has 0 aromatic heterocycles. The topological polar surface area (TPSA) is 49.7 Å². The van der Waals surface area contributed by atoms with Gasteiger partial charge in [-0.05, 0) is 31.0 Å². The molecule has 1 atom stereocenters. The van der Waals surface area contributed by atoms with Crippen LogP contribution in [0.5, 0.6) is 5.75 Å². The lowest BCUT2D eigenvalue weighted by Gasteiger charge is -2.13. The summed E-state index contributed by atoms with van der Waals surface area (Å²) in [7, 11) is 1.58. The molecule has 0 spiro atoms. The summed E-state index contributed by atoms with van der Waals surface area (Å²) in [5.41, 5.74) is 2.39. The third kappa shape index (κ3) is 2.70. The number of hydrogen-bond donors (Lipinski definition) is 2. The quantitative estimate of drug-likeness (QED) is 0.800. The molecule has 0 bridgehead atoms. The first-order valence-electron chi connectivity index (χ1n) is 5.11. The van der Waals surface area contributed by atoms with Crippen molar-refractivity contribution >= 4 is 0 Å². The monoisotopic (exact) mass is 210 g/mol. The molecule has 0 aliphatic rings. The van der Waals surface area contributed by atoms with Gasteiger partial charge in [0.05, 0.1) is 12.7 Å². The number of aliphatic hydroxyl groups is 1. The summed E-state index contributed by atoms with van der Waals surface area (Å²) in [5.74, 6) is 0.143. The summed E-state index contributed by atoms with van der Waals surface area (Å²) in [5, 5.41) is 19.4. The van der Waals surface area contributed by atoms with Gasteiger partial charge in [0.15, 0.2) is 0 Å². The molecule has 0 fully saturated rings. The number of benzene rings is 1. The van der Waals surface area contributed by atoms with Crippen molar-refractivity contribution in [3.63, 3.8) is 0 Å². The van der Waals surface area contributed by atoms with Gasteiger partial charge in [0.2, 0.25) is 0 Å². The molecule has 84 valence electrons. The second-order valence-corrected chi connectivity index (χ2v) is 3.66. The normalized spacial score (nSPS) is 12.8. The highest BCUT2D eigenvalue weighted by Gasteiger charge is 2.13. The number of aryl methyl sites for hydroxylation is 1. The molecule has 1 unspecified atom stereocenters. The fraction of sp³-hybridized carbons (Fsp3) is 0.500. The van der Waals surface area contributed by atoms with Gasteiger partial charge in [-0.15, -0.1) is 0 Å². The summed E-state index contributed by atoms with van der Waals surface area (Å²) in [6, 6.07) is 3.74. The molecular formula is C12H18O3. The first-order valence-corrected chi connectivity index (χ1v) is 5.11. The molecule has 0 saturated carbocycles. The van der Waals surface area contributed by atoms with Crippen molar-refractivity contribution in [1.82, 2.24) is 0 Å². The standard InChI is InChI=1S/C12H18O3/c1-4-9-5-10(7-15-3)12(14)11(6-9)8(2)13/h5-6,8,13-14H,4,7H2,1-3H3. The van der Waals surface area contributed by atoms with Gasteiger partial charge in [0.1, 0.15) is 5.75 Å². The van der Waals surface area contributed by atoms with E-state index in [1.807, 2.05) is 19.1 Å². The van der Waals surface area contributed by atoms with E-state index in [1.54, 1.807) is 14.0 Å². The minimum absolute atomic E-state index is 0.143. The second kappa shape index (κ2) is 5.14. The van der Waals surface area contributed by atoms with Gasteiger partial charge in [-0.1, -0.05) is 6.92 Å². The van der Waals surface area contributed by atoms with Crippen LogP contribution < -0.4 is 0 Å². The molecule has 0 saturated heterocycles. The number of methoxy groups -OCH3 is 1. The second-order valence-electron chi connectivity index (χ2n) is 3.66. The first-order chi connectivity index (χ1) is 7.10. The molecular weight excluding hydrogens is 192 g/mol. The van der Waals surface area contributed by atoms with Gasteiger partial charge in [-0.2, -0.15) is 0 Å². The van der Waals surface area contributed by atoms with Crippen molar-refractivity contribution in [1.29, 1.82) is 0 Å². The average Bonchev–Trinajstić information content (AvgIpc) is 2.21. The van der Waals surface area contributed by atoms with Gasteiger partial charge in [-0.3, -0.25) is 0 Å². The Bertz CT molecular complexity index is 332. The van der Waals surface area contributed by atoms with Crippen molar-refractivity contribution in [2.45, 2.75) is 33.0 Å². The molecule has 3 heteroatoms. The lowest BCUT2D eigenvalue weighted by Crippen LogP contribution is -1.99. The first kappa shape index (κ1) is 12.0. The largest absolute Gasteiger partial charge is 0.507 e. The highest BCUT2D eigenvalue weighted by Crippen LogP contribution is 2.30. The summed E-state index contributed by atoms with van der Waals surface area (Å²) in [6.45, 7) is 4.04. The Balaban J connectivity index is 3.20. The molecule has 0 radical (unpaired) electrons. The predicted octanol–water partition coefficient (Wildman–Crippen LogP) is 2.15. The molecule has 15 heavy (non-hydrogen) atoms. The molecule has 0 aliphatic heterocycles. The lowest BCUT2D eigenvalue weighted by molar-refractivity contribution is 0.177. The van der Waals surface area contributed by atoms with E-state index in [0.717, 1.165) is 17.5 Å². The van der Waals surface area contributed by atoms with E-state index in [2.05, 4.69) is 0 Å². The Hall–Kier alpha value is -1.06. The summed E-state index contributed by atoms with van der Waals surface area (Å²) < 4.78 is 5.00. The number of hydrogen-bond acceptors (Lipinski definition) is 3. The molecule has 1 rings (SSSR count). The van der Waals surface area contributed by atoms with Gasteiger partial charge in [-0.25, -0.2) is 0 Å². The maximum atomic E-state index is 9.87. The van der Waals surface area contributed by atoms with Crippen LogP contribution in [0.25, 0.3) is 0 Å². The fourth-order valence-electron chi connectivity index (χ4n) is 1.58. The van der Waals surface area contributed by atoms with E-state index in [-0.39, 0.29) is 5.75 Å². The van der Waals surface area contributed by atoms with Crippen LogP contribution in [0.2, 0.25) is 0 Å². The minimum atomic E-state index is -0.660. The summed E-state index contributed by atoms with van der Waals surface area (Å²) in [4.78, 5) is 0. The minimum Gasteiger partial charge on any atom is -0.507 e. The molecule has 2 N–H and O–H groups in total. The maximum Gasteiger partial charge on any atom is 0.126 e. The van der Waals surface area contributed by atoms with Crippen LogP contribution in [0.1, 0.15) is 36.6 Å². The maximum absolute atomic E-state index is 9.87. The third-order valence-corrected chi connectivity index (χ3v) is 2.44. The summed E-state index contributed by atoms with van der Waals surface area (Å²) >= 11 is 0. The zero-order valence-electron chi connectivity index (χ0n) is 9.45. The van der Waals surface area contributed by atoms with Crippen LogP contribution in [0.3, 0.4) is 0 Å². The van der Waals surface area contributed by atoms with Crippen molar-refractivity contribution in [2.24, 2.45) is 0 Å². The Morgan fingerprint density at radius 1 is 1.40 bits per heavy atom. The van der Waals surface area contributed by atoms with E-state index in [0.29, 0.717) is 12.2 Å². The fourth-order valence-corrected chi connectivity index (χ4v) is 1.58. The van der Waals surface area contributed by atoms with Crippen LogP contribution in [0, 0.1) is 0 Å². The van der Waals surface area contributed by atoms with Crippen LogP contribution in [0.4, 0.5) is 0 Å². The molecule has 1 aromatic carbocycles. The van der Waals surface area contributed by atoms with E-state index < -0.39 is 6.10 Å². The highest BCUT2D eigenvalue weighted by atomic mass is 16.5. The Morgan fingerprint density at radius 3 is 2.53 bits per heavy atom. The van der Waals surface area contributed by atoms with Crippen LogP contribution in [-0.4, -0.2) is 17.3 Å². The van der Waals surface area contributed by atoms with Crippen LogP contribution in [-0.2, 0) is 17.8 Å². The van der Waals surface area contributed by atoms with Crippen LogP contribution in [0.15, 0.2) is 12.1 Å². The Labute approximate surface area is 90.3 Å². The van der Waals surface area contributed by atoms with Gasteiger partial charge >= 0.3 is 0 Å². The van der Waals surface area contributed by atoms with E-state index in [1.165, 1.54) is 0 Å². The van der Waals surface area contributed by atoms with Crippen molar-refractivity contribution in [3.8, 4) is 5.75 Å². The molecule has 0 aliphatic carbocycles. The highest BCUT2D eigenvalue weighted by molar-refractivity contribution is 5.44. The smallest absolute Gasteiger partial charge is 0.126 e. The van der Waals surface area contributed by atoms with E-state index >= 15 is 0 Å². The number of phenols is 1. The van der Waals surface area contributed by atoms with Gasteiger partial charge in [0.25, 0.3) is 0 Å². The molecule has 1 aromatic rings. The van der Waals surface area contributed by atoms with Crippen molar-refractivity contribution in [3.05, 3.63) is 28.8 Å². The zero-order chi connectivity index (χ0) is 11.4. The van der Waals surface area contributed by atoms with Crippen molar-refractivity contribution < 1.29 is 14.9 Å². The number of aromatic hydroxyl groups is 1. The molecule has 0 amide bonds. The third-order valence-electron chi connectivity index (χ3n) is 2.44. The average molecular weight is 210 g/mol.